The molecule has 4 atom stereocenters. The lowest BCUT2D eigenvalue weighted by Crippen LogP contribution is -2.27. The number of phenols is 4. The fourth-order valence-electron chi connectivity index (χ4n) is 10.7. The van der Waals surface area contributed by atoms with E-state index < -0.39 is 22.8 Å². The molecule has 2 saturated carbocycles. The van der Waals surface area contributed by atoms with E-state index >= 15 is 0 Å². The number of unbranched alkanes of at least 4 members (excludes halogenated alkanes) is 1. The van der Waals surface area contributed by atoms with E-state index in [-0.39, 0.29) is 81.7 Å². The number of hydrogen-bond acceptors (Lipinski definition) is 12. The molecule has 0 unspecified atom stereocenters. The molecule has 0 spiro atoms. The summed E-state index contributed by atoms with van der Waals surface area (Å²) in [4.78, 5) is 46.9. The van der Waals surface area contributed by atoms with Crippen LogP contribution in [0.5, 0.6) is 34.5 Å². The highest BCUT2D eigenvalue weighted by Gasteiger charge is 2.31. The molecule has 12 nitrogen and oxygen atoms in total. The van der Waals surface area contributed by atoms with Gasteiger partial charge in [-0.1, -0.05) is 162 Å². The van der Waals surface area contributed by atoms with Gasteiger partial charge in [-0.2, -0.15) is 0 Å². The number of aliphatic imine (C=N–C) groups is 4. The van der Waals surface area contributed by atoms with Crippen molar-refractivity contribution in [3.8, 4) is 34.5 Å². The highest BCUT2D eigenvalue weighted by molar-refractivity contribution is 5.88. The summed E-state index contributed by atoms with van der Waals surface area (Å²) in [6.45, 7) is 37.5. The van der Waals surface area contributed by atoms with Gasteiger partial charge in [0.1, 0.15) is 34.5 Å². The molecule has 12 heteroatoms. The molecule has 2 aliphatic rings. The Balaban J connectivity index is 1.11. The number of aromatic hydroxyl groups is 4. The molecule has 4 aromatic rings. The van der Waals surface area contributed by atoms with Crippen molar-refractivity contribution in [2.45, 2.75) is 258 Å². The van der Waals surface area contributed by atoms with Gasteiger partial charge in [0.15, 0.2) is 0 Å². The number of carbonyl (C=O) groups excluding carboxylic acids is 2. The minimum atomic E-state index is -0.488. The maximum Gasteiger partial charge on any atom is 0.311 e. The quantitative estimate of drug-likeness (QED) is 0.0392. The summed E-state index contributed by atoms with van der Waals surface area (Å²) in [6, 6.07) is 14.4. The average Bonchev–Trinajstić information content (AvgIpc) is 3.57. The lowest BCUT2D eigenvalue weighted by molar-refractivity contribution is -0.136. The second-order valence-electron chi connectivity index (χ2n) is 29.3. The smallest absolute Gasteiger partial charge is 0.311 e. The van der Waals surface area contributed by atoms with Crippen molar-refractivity contribution in [3.63, 3.8) is 0 Å². The summed E-state index contributed by atoms with van der Waals surface area (Å²) in [5.41, 5.74) is 5.75. The van der Waals surface area contributed by atoms with Crippen LogP contribution in [0.2, 0.25) is 0 Å². The van der Waals surface area contributed by atoms with Crippen LogP contribution in [0.4, 0.5) is 0 Å². The van der Waals surface area contributed by atoms with Crippen molar-refractivity contribution in [1.29, 1.82) is 0 Å². The fourth-order valence-corrected chi connectivity index (χ4v) is 10.7. The first-order chi connectivity index (χ1) is 37.9. The summed E-state index contributed by atoms with van der Waals surface area (Å²) >= 11 is 0. The third-order valence-electron chi connectivity index (χ3n) is 16.0. The topological polar surface area (TPSA) is 183 Å². The zero-order chi connectivity index (χ0) is 60.9. The highest BCUT2D eigenvalue weighted by atomic mass is 16.5. The summed E-state index contributed by atoms with van der Waals surface area (Å²) in [5.74, 6) is 0.275. The Morgan fingerprint density at radius 3 is 0.878 bits per heavy atom. The minimum absolute atomic E-state index is 0.0538. The van der Waals surface area contributed by atoms with Crippen molar-refractivity contribution in [1.82, 2.24) is 0 Å². The van der Waals surface area contributed by atoms with E-state index in [0.29, 0.717) is 57.7 Å². The molecule has 82 heavy (non-hydrogen) atoms. The summed E-state index contributed by atoms with van der Waals surface area (Å²) < 4.78 is 11.8. The van der Waals surface area contributed by atoms with E-state index in [0.717, 1.165) is 73.6 Å². The van der Waals surface area contributed by atoms with Crippen LogP contribution in [0.3, 0.4) is 0 Å². The number of esters is 2. The number of benzene rings is 4. The molecule has 0 amide bonds. The first-order valence-electron chi connectivity index (χ1n) is 30.0. The maximum absolute atomic E-state index is 13.4. The van der Waals surface area contributed by atoms with Crippen LogP contribution in [-0.2, 0) is 42.1 Å². The number of rotatable bonds is 15. The van der Waals surface area contributed by atoms with E-state index in [2.05, 4.69) is 95.2 Å². The maximum atomic E-state index is 13.4. The number of ether oxygens (including phenoxy) is 2. The molecular weight excluding hydrogens is 1020 g/mol. The standard InChI is InChI=1S/C70H98N4O8/c1-65(2,3)47-31-43(61(77)51(35-47)67(7,8)9)39-71-55-25-19-21-27-57(55)73-41-45-33-49(37-53(63(45)79)69(13,14)15)81-59(75)29-23-24-30-60(76)82-50-34-46(64(80)54(38-50)70(16,17)18)42-74-58-28-22-20-26-56(58)72-40-44-32-48(66(4,5)6)36-52(62(44)78)68(10,11)12/h31-42,55-58,77-80H,19-30H2,1-18H3/t55-,56+,57-,58+. The summed E-state index contributed by atoms with van der Waals surface area (Å²) in [6.07, 6.45) is 15.1. The van der Waals surface area contributed by atoms with Gasteiger partial charge in [-0.3, -0.25) is 29.6 Å². The van der Waals surface area contributed by atoms with Gasteiger partial charge in [0.2, 0.25) is 0 Å². The van der Waals surface area contributed by atoms with E-state index in [1.54, 1.807) is 49.1 Å². The molecule has 4 aromatic carbocycles. The van der Waals surface area contributed by atoms with Crippen molar-refractivity contribution < 1.29 is 39.5 Å². The largest absolute Gasteiger partial charge is 0.507 e. The molecule has 446 valence electrons. The second-order valence-corrected chi connectivity index (χ2v) is 29.3. The Hall–Kier alpha value is -6.30. The van der Waals surface area contributed by atoms with Gasteiger partial charge in [0.05, 0.1) is 24.2 Å². The highest BCUT2D eigenvalue weighted by Crippen LogP contribution is 2.42. The molecule has 2 fully saturated rings. The van der Waals surface area contributed by atoms with Gasteiger partial charge in [0, 0.05) is 82.2 Å². The first kappa shape index (κ1) is 64.9. The van der Waals surface area contributed by atoms with Gasteiger partial charge >= 0.3 is 11.9 Å². The predicted molar refractivity (Wildman–Crippen MR) is 337 cm³/mol. The van der Waals surface area contributed by atoms with Crippen molar-refractivity contribution >= 4 is 36.8 Å². The Labute approximate surface area is 491 Å². The van der Waals surface area contributed by atoms with Crippen molar-refractivity contribution in [3.05, 3.63) is 104 Å². The van der Waals surface area contributed by atoms with Gasteiger partial charge in [-0.05, 0) is 119 Å². The monoisotopic (exact) mass is 1120 g/mol. The van der Waals surface area contributed by atoms with Crippen molar-refractivity contribution in [2.24, 2.45) is 20.0 Å². The van der Waals surface area contributed by atoms with Crippen LogP contribution in [-0.4, -0.2) is 81.4 Å². The summed E-state index contributed by atoms with van der Waals surface area (Å²) in [7, 11) is 0. The molecular formula is C70H98N4O8. The Morgan fingerprint density at radius 2 is 0.634 bits per heavy atom. The third-order valence-corrected chi connectivity index (χ3v) is 16.0. The van der Waals surface area contributed by atoms with Crippen LogP contribution in [0.1, 0.15) is 257 Å². The normalized spacial score (nSPS) is 19.0. The van der Waals surface area contributed by atoms with Crippen LogP contribution < -0.4 is 9.47 Å². The van der Waals surface area contributed by atoms with Crippen molar-refractivity contribution in [2.75, 3.05) is 0 Å². The number of nitrogens with zero attached hydrogens (tertiary/aromatic N) is 4. The zero-order valence-electron chi connectivity index (χ0n) is 52.9. The SMILES string of the molecule is CC(C)(C)c1cc(C=N[C@H]2CCCC[C@@H]2N=Cc2cc(OC(=O)CCCCC(=O)Oc3cc(C=N[C@@H]4CCCC[C@H]4N=Cc4cc(C(C)(C)C)cc(C(C)(C)C)c4O)c(O)c(C(C)(C)C)c3)cc(C(C)(C)C)c2O)c(O)c(C(C)(C)C)c1. The Morgan fingerprint density at radius 1 is 0.390 bits per heavy atom. The van der Waals surface area contributed by atoms with E-state index in [1.165, 1.54) is 0 Å². The van der Waals surface area contributed by atoms with E-state index in [9.17, 15) is 30.0 Å². The molecule has 0 heterocycles. The van der Waals surface area contributed by atoms with E-state index in [1.807, 2.05) is 53.7 Å². The molecule has 0 aliphatic heterocycles. The Bertz CT molecular complexity index is 2840. The number of phenolic OH excluding ortho intramolecular Hbond substituents is 4. The van der Waals surface area contributed by atoms with Gasteiger partial charge in [-0.15, -0.1) is 0 Å². The number of hydrogen-bond donors (Lipinski definition) is 4. The van der Waals surface area contributed by atoms with Crippen LogP contribution >= 0.6 is 0 Å². The van der Waals surface area contributed by atoms with Crippen LogP contribution in [0.25, 0.3) is 0 Å². The minimum Gasteiger partial charge on any atom is -0.507 e. The Kier molecular flexibility index (Phi) is 20.3. The van der Waals surface area contributed by atoms with Crippen LogP contribution in [0, 0.1) is 0 Å². The molecule has 0 bridgehead atoms. The predicted octanol–water partition coefficient (Wildman–Crippen LogP) is 16.1. The first-order valence-corrected chi connectivity index (χ1v) is 30.0. The van der Waals surface area contributed by atoms with Gasteiger partial charge in [-0.25, -0.2) is 0 Å². The fraction of sp³-hybridized carbons (Fsp3) is 0.571. The molecule has 4 N–H and O–H groups in total. The van der Waals surface area contributed by atoms with Gasteiger partial charge in [0.25, 0.3) is 0 Å². The third kappa shape index (κ3) is 17.2. The number of carbonyl (C=O) groups is 2. The summed E-state index contributed by atoms with van der Waals surface area (Å²) in [5, 5.41) is 46.1. The molecule has 6 rings (SSSR count). The van der Waals surface area contributed by atoms with Crippen LogP contribution in [0.15, 0.2) is 68.5 Å². The lowest BCUT2D eigenvalue weighted by Gasteiger charge is -2.28. The molecule has 2 aliphatic carbocycles. The lowest BCUT2D eigenvalue weighted by atomic mass is 9.79. The average molecular weight is 1120 g/mol. The van der Waals surface area contributed by atoms with E-state index in [4.69, 9.17) is 29.4 Å². The molecule has 0 aromatic heterocycles. The molecule has 0 saturated heterocycles. The zero-order valence-corrected chi connectivity index (χ0v) is 52.9. The van der Waals surface area contributed by atoms with Gasteiger partial charge < -0.3 is 29.9 Å². The molecule has 0 radical (unpaired) electrons. The second kappa shape index (κ2) is 25.7.